The molecule has 1 rings (SSSR count). The molecule has 0 saturated carbocycles. The van der Waals surface area contributed by atoms with Crippen LogP contribution in [0.4, 0.5) is 5.69 Å². The summed E-state index contributed by atoms with van der Waals surface area (Å²) >= 11 is 0. The van der Waals surface area contributed by atoms with Gasteiger partial charge in [-0.1, -0.05) is 18.2 Å². The normalized spacial score (nSPS) is 12.5. The fourth-order valence-corrected chi connectivity index (χ4v) is 1.65. The lowest BCUT2D eigenvalue weighted by atomic mass is 10.1. The highest BCUT2D eigenvalue weighted by molar-refractivity contribution is 5.53. The van der Waals surface area contributed by atoms with Gasteiger partial charge in [0.1, 0.15) is 0 Å². The molecular weight excluding hydrogens is 202 g/mol. The molecule has 90 valence electrons. The van der Waals surface area contributed by atoms with Gasteiger partial charge in [-0.05, 0) is 19.9 Å². The van der Waals surface area contributed by atoms with Gasteiger partial charge >= 0.3 is 0 Å². The summed E-state index contributed by atoms with van der Waals surface area (Å²) in [5.41, 5.74) is 2.03. The summed E-state index contributed by atoms with van der Waals surface area (Å²) in [4.78, 5) is 2.11. The number of aliphatic hydroxyl groups is 1. The Kier molecular flexibility index (Phi) is 5.29. The monoisotopic (exact) mass is 223 g/mol. The molecule has 3 heteroatoms. The SMILES string of the molecule is CCOCCN(C)c1ccccc1[C@H](C)O. The first kappa shape index (κ1) is 13.0. The molecule has 16 heavy (non-hydrogen) atoms. The van der Waals surface area contributed by atoms with E-state index >= 15 is 0 Å². The number of para-hydroxylation sites is 1. The van der Waals surface area contributed by atoms with Crippen molar-refractivity contribution in [2.45, 2.75) is 20.0 Å². The highest BCUT2D eigenvalue weighted by Gasteiger charge is 2.10. The highest BCUT2D eigenvalue weighted by Crippen LogP contribution is 2.24. The van der Waals surface area contributed by atoms with E-state index in [2.05, 4.69) is 4.90 Å². The average Bonchev–Trinajstić information content (AvgIpc) is 2.29. The molecule has 0 aromatic heterocycles. The van der Waals surface area contributed by atoms with Crippen LogP contribution in [0.3, 0.4) is 0 Å². The predicted molar refractivity (Wildman–Crippen MR) is 66.8 cm³/mol. The second-order valence-electron chi connectivity index (χ2n) is 3.85. The number of hydrogen-bond donors (Lipinski definition) is 1. The van der Waals surface area contributed by atoms with E-state index in [0.29, 0.717) is 6.61 Å². The molecule has 0 aliphatic rings. The molecule has 0 heterocycles. The van der Waals surface area contributed by atoms with E-state index < -0.39 is 6.10 Å². The van der Waals surface area contributed by atoms with Crippen LogP contribution in [0.1, 0.15) is 25.5 Å². The number of rotatable bonds is 6. The molecule has 0 spiro atoms. The summed E-state index contributed by atoms with van der Waals surface area (Å²) in [6.45, 7) is 6.06. The summed E-state index contributed by atoms with van der Waals surface area (Å²) in [5, 5.41) is 9.67. The van der Waals surface area contributed by atoms with E-state index in [1.807, 2.05) is 38.2 Å². The van der Waals surface area contributed by atoms with Crippen LogP contribution < -0.4 is 4.90 Å². The Morgan fingerprint density at radius 3 is 2.69 bits per heavy atom. The fourth-order valence-electron chi connectivity index (χ4n) is 1.65. The molecule has 0 amide bonds. The molecule has 0 radical (unpaired) electrons. The molecule has 0 unspecified atom stereocenters. The first-order valence-corrected chi connectivity index (χ1v) is 5.72. The Hall–Kier alpha value is -1.06. The lowest BCUT2D eigenvalue weighted by Crippen LogP contribution is -2.24. The first-order chi connectivity index (χ1) is 7.66. The first-order valence-electron chi connectivity index (χ1n) is 5.72. The van der Waals surface area contributed by atoms with E-state index in [1.165, 1.54) is 0 Å². The van der Waals surface area contributed by atoms with Crippen molar-refractivity contribution in [3.63, 3.8) is 0 Å². The minimum Gasteiger partial charge on any atom is -0.389 e. The molecule has 0 aliphatic heterocycles. The van der Waals surface area contributed by atoms with Crippen LogP contribution in [0, 0.1) is 0 Å². The van der Waals surface area contributed by atoms with Crippen molar-refractivity contribution in [3.8, 4) is 0 Å². The largest absolute Gasteiger partial charge is 0.389 e. The fraction of sp³-hybridized carbons (Fsp3) is 0.538. The summed E-state index contributed by atoms with van der Waals surface area (Å²) < 4.78 is 5.32. The Morgan fingerprint density at radius 1 is 1.38 bits per heavy atom. The van der Waals surface area contributed by atoms with Gasteiger partial charge in [0.25, 0.3) is 0 Å². The standard InChI is InChI=1S/C13H21NO2/c1-4-16-10-9-14(3)13-8-6-5-7-12(13)11(2)15/h5-8,11,15H,4,9-10H2,1-3H3/t11-/m0/s1. The van der Waals surface area contributed by atoms with E-state index in [4.69, 9.17) is 4.74 Å². The summed E-state index contributed by atoms with van der Waals surface area (Å²) in [5.74, 6) is 0. The molecule has 0 saturated heterocycles. The van der Waals surface area contributed by atoms with E-state index in [0.717, 1.165) is 24.4 Å². The van der Waals surface area contributed by atoms with Crippen molar-refractivity contribution in [2.24, 2.45) is 0 Å². The lowest BCUT2D eigenvalue weighted by molar-refractivity contribution is 0.154. The van der Waals surface area contributed by atoms with Crippen LogP contribution in [-0.2, 0) is 4.74 Å². The van der Waals surface area contributed by atoms with Gasteiger partial charge in [-0.3, -0.25) is 0 Å². The van der Waals surface area contributed by atoms with Crippen molar-refractivity contribution in [3.05, 3.63) is 29.8 Å². The maximum absolute atomic E-state index is 9.67. The third kappa shape index (κ3) is 3.51. The van der Waals surface area contributed by atoms with Gasteiger partial charge < -0.3 is 14.7 Å². The maximum atomic E-state index is 9.67. The number of ether oxygens (including phenoxy) is 1. The lowest BCUT2D eigenvalue weighted by Gasteiger charge is -2.23. The smallest absolute Gasteiger partial charge is 0.0781 e. The number of likely N-dealkylation sites (N-methyl/N-ethyl adjacent to an activating group) is 1. The Labute approximate surface area is 97.7 Å². The van der Waals surface area contributed by atoms with E-state index in [1.54, 1.807) is 6.92 Å². The highest BCUT2D eigenvalue weighted by atomic mass is 16.5. The number of hydrogen-bond acceptors (Lipinski definition) is 3. The molecule has 1 aromatic rings. The number of benzene rings is 1. The molecule has 0 fully saturated rings. The quantitative estimate of drug-likeness (QED) is 0.751. The van der Waals surface area contributed by atoms with Crippen LogP contribution in [0.25, 0.3) is 0 Å². The van der Waals surface area contributed by atoms with Crippen LogP contribution in [0.15, 0.2) is 24.3 Å². The number of anilines is 1. The van der Waals surface area contributed by atoms with Crippen molar-refractivity contribution < 1.29 is 9.84 Å². The summed E-state index contributed by atoms with van der Waals surface area (Å²) in [7, 11) is 2.01. The third-order valence-electron chi connectivity index (χ3n) is 2.57. The Morgan fingerprint density at radius 2 is 2.06 bits per heavy atom. The molecular formula is C13H21NO2. The summed E-state index contributed by atoms with van der Waals surface area (Å²) in [6, 6.07) is 7.91. The van der Waals surface area contributed by atoms with Gasteiger partial charge in [-0.2, -0.15) is 0 Å². The van der Waals surface area contributed by atoms with Gasteiger partial charge in [-0.15, -0.1) is 0 Å². The summed E-state index contributed by atoms with van der Waals surface area (Å²) in [6.07, 6.45) is -0.439. The molecule has 1 aromatic carbocycles. The van der Waals surface area contributed by atoms with Crippen molar-refractivity contribution in [2.75, 3.05) is 31.7 Å². The number of aliphatic hydroxyl groups excluding tert-OH is 1. The zero-order valence-corrected chi connectivity index (χ0v) is 10.3. The Bertz CT molecular complexity index is 313. The van der Waals surface area contributed by atoms with Crippen molar-refractivity contribution >= 4 is 5.69 Å². The van der Waals surface area contributed by atoms with Gasteiger partial charge in [0.05, 0.1) is 12.7 Å². The topological polar surface area (TPSA) is 32.7 Å². The van der Waals surface area contributed by atoms with Crippen LogP contribution >= 0.6 is 0 Å². The van der Waals surface area contributed by atoms with Crippen molar-refractivity contribution in [1.29, 1.82) is 0 Å². The average molecular weight is 223 g/mol. The second-order valence-corrected chi connectivity index (χ2v) is 3.85. The van der Waals surface area contributed by atoms with Gasteiger partial charge in [-0.25, -0.2) is 0 Å². The minimum atomic E-state index is -0.439. The number of nitrogens with zero attached hydrogens (tertiary/aromatic N) is 1. The van der Waals surface area contributed by atoms with E-state index in [-0.39, 0.29) is 0 Å². The van der Waals surface area contributed by atoms with Crippen LogP contribution in [0.5, 0.6) is 0 Å². The van der Waals surface area contributed by atoms with Crippen LogP contribution in [0.2, 0.25) is 0 Å². The van der Waals surface area contributed by atoms with E-state index in [9.17, 15) is 5.11 Å². The van der Waals surface area contributed by atoms with Gasteiger partial charge in [0.2, 0.25) is 0 Å². The Balaban J connectivity index is 2.70. The zero-order valence-electron chi connectivity index (χ0n) is 10.3. The zero-order chi connectivity index (χ0) is 12.0. The van der Waals surface area contributed by atoms with Gasteiger partial charge in [0, 0.05) is 31.5 Å². The molecule has 1 N–H and O–H groups in total. The molecule has 1 atom stereocenters. The third-order valence-corrected chi connectivity index (χ3v) is 2.57. The molecule has 3 nitrogen and oxygen atoms in total. The maximum Gasteiger partial charge on any atom is 0.0781 e. The second kappa shape index (κ2) is 6.51. The van der Waals surface area contributed by atoms with Crippen LogP contribution in [-0.4, -0.2) is 31.9 Å². The van der Waals surface area contributed by atoms with Gasteiger partial charge in [0.15, 0.2) is 0 Å². The molecule has 0 bridgehead atoms. The molecule has 0 aliphatic carbocycles. The van der Waals surface area contributed by atoms with Crippen molar-refractivity contribution in [1.82, 2.24) is 0 Å². The minimum absolute atomic E-state index is 0.439. The predicted octanol–water partition coefficient (Wildman–Crippen LogP) is 2.21.